The van der Waals surface area contributed by atoms with Gasteiger partial charge >= 0.3 is 0 Å². The Kier molecular flexibility index (Phi) is 6.42. The van der Waals surface area contributed by atoms with Crippen LogP contribution >= 0.6 is 0 Å². The summed E-state index contributed by atoms with van der Waals surface area (Å²) in [6, 6.07) is 27.9. The van der Waals surface area contributed by atoms with Gasteiger partial charge in [0.2, 0.25) is 0 Å². The number of aliphatic hydroxyl groups excluding tert-OH is 1. The van der Waals surface area contributed by atoms with Gasteiger partial charge in [-0.25, -0.2) is 0 Å². The smallest absolute Gasteiger partial charge is 0.119 e. The molecule has 3 aromatic rings. The van der Waals surface area contributed by atoms with Crippen molar-refractivity contribution in [3.8, 4) is 5.75 Å². The number of benzene rings is 3. The van der Waals surface area contributed by atoms with E-state index in [1.807, 2.05) is 67.6 Å². The van der Waals surface area contributed by atoms with Crippen LogP contribution in [0.1, 0.15) is 29.7 Å². The highest BCUT2D eigenvalue weighted by Crippen LogP contribution is 2.18. The van der Waals surface area contributed by atoms with E-state index in [4.69, 9.17) is 4.74 Å². The first-order valence-corrected chi connectivity index (χ1v) is 8.94. The fraction of sp³-hybridized carbons (Fsp3) is 0.217. The summed E-state index contributed by atoms with van der Waals surface area (Å²) >= 11 is 0. The summed E-state index contributed by atoms with van der Waals surface area (Å²) < 4.78 is 5.81. The van der Waals surface area contributed by atoms with Crippen LogP contribution in [0.2, 0.25) is 0 Å². The van der Waals surface area contributed by atoms with Crippen LogP contribution < -0.4 is 10.1 Å². The third kappa shape index (κ3) is 5.19. The Bertz CT molecular complexity index is 772. The zero-order valence-electron chi connectivity index (χ0n) is 15.0. The average molecular weight is 347 g/mol. The maximum absolute atomic E-state index is 10.4. The largest absolute Gasteiger partial charge is 0.489 e. The molecule has 0 aliphatic rings. The van der Waals surface area contributed by atoms with Gasteiger partial charge in [0.15, 0.2) is 0 Å². The molecule has 0 unspecified atom stereocenters. The molecular weight excluding hydrogens is 322 g/mol. The van der Waals surface area contributed by atoms with Crippen molar-refractivity contribution in [1.29, 1.82) is 0 Å². The van der Waals surface area contributed by atoms with Gasteiger partial charge in [0, 0.05) is 12.6 Å². The molecule has 0 aromatic heterocycles. The van der Waals surface area contributed by atoms with Gasteiger partial charge in [-0.05, 0) is 35.7 Å². The fourth-order valence-corrected chi connectivity index (χ4v) is 2.77. The highest BCUT2D eigenvalue weighted by Gasteiger charge is 2.15. The summed E-state index contributed by atoms with van der Waals surface area (Å²) in [6.45, 7) is 3.26. The normalized spacial score (nSPS) is 13.2. The Morgan fingerprint density at radius 2 is 1.42 bits per heavy atom. The SMILES string of the molecule is C[C@@H](NCc1ccc(OCc2ccccc2)cc1)[C@@H](O)c1ccccc1. The van der Waals surface area contributed by atoms with Gasteiger partial charge in [-0.2, -0.15) is 0 Å². The molecule has 3 heteroatoms. The number of hydrogen-bond acceptors (Lipinski definition) is 3. The van der Waals surface area contributed by atoms with E-state index in [0.717, 1.165) is 22.4 Å². The Morgan fingerprint density at radius 3 is 2.08 bits per heavy atom. The lowest BCUT2D eigenvalue weighted by Gasteiger charge is -2.20. The second kappa shape index (κ2) is 9.18. The second-order valence-electron chi connectivity index (χ2n) is 6.44. The summed E-state index contributed by atoms with van der Waals surface area (Å²) in [5.41, 5.74) is 3.24. The molecule has 3 nitrogen and oxygen atoms in total. The molecule has 0 saturated carbocycles. The van der Waals surface area contributed by atoms with E-state index in [0.29, 0.717) is 13.2 Å². The number of nitrogens with one attached hydrogen (secondary N) is 1. The summed E-state index contributed by atoms with van der Waals surface area (Å²) in [4.78, 5) is 0. The van der Waals surface area contributed by atoms with Gasteiger partial charge in [0.05, 0.1) is 6.10 Å². The lowest BCUT2D eigenvalue weighted by molar-refractivity contribution is 0.135. The van der Waals surface area contributed by atoms with E-state index >= 15 is 0 Å². The Morgan fingerprint density at radius 1 is 0.808 bits per heavy atom. The minimum Gasteiger partial charge on any atom is -0.489 e. The third-order valence-corrected chi connectivity index (χ3v) is 4.41. The predicted molar refractivity (Wildman–Crippen MR) is 105 cm³/mol. The Labute approximate surface area is 155 Å². The summed E-state index contributed by atoms with van der Waals surface area (Å²) in [5.74, 6) is 0.856. The van der Waals surface area contributed by atoms with Crippen LogP contribution in [0, 0.1) is 0 Å². The van der Waals surface area contributed by atoms with Crippen LogP contribution in [-0.2, 0) is 13.2 Å². The van der Waals surface area contributed by atoms with Crippen molar-refractivity contribution in [3.63, 3.8) is 0 Å². The van der Waals surface area contributed by atoms with Crippen molar-refractivity contribution >= 4 is 0 Å². The van der Waals surface area contributed by atoms with Crippen LogP contribution in [-0.4, -0.2) is 11.1 Å². The molecule has 0 aliphatic carbocycles. The summed E-state index contributed by atoms with van der Waals surface area (Å²) in [5, 5.41) is 13.8. The molecule has 0 amide bonds. The van der Waals surface area contributed by atoms with E-state index < -0.39 is 6.10 Å². The monoisotopic (exact) mass is 347 g/mol. The highest BCUT2D eigenvalue weighted by atomic mass is 16.5. The molecule has 0 aliphatic heterocycles. The van der Waals surface area contributed by atoms with Crippen molar-refractivity contribution in [2.45, 2.75) is 32.2 Å². The number of aliphatic hydroxyl groups is 1. The molecule has 3 aromatic carbocycles. The lowest BCUT2D eigenvalue weighted by Crippen LogP contribution is -2.31. The highest BCUT2D eigenvalue weighted by molar-refractivity contribution is 5.28. The topological polar surface area (TPSA) is 41.5 Å². The zero-order chi connectivity index (χ0) is 18.2. The second-order valence-corrected chi connectivity index (χ2v) is 6.44. The molecule has 26 heavy (non-hydrogen) atoms. The van der Waals surface area contributed by atoms with Crippen molar-refractivity contribution in [2.24, 2.45) is 0 Å². The van der Waals surface area contributed by atoms with E-state index in [1.165, 1.54) is 0 Å². The van der Waals surface area contributed by atoms with E-state index in [-0.39, 0.29) is 6.04 Å². The maximum atomic E-state index is 10.4. The minimum absolute atomic E-state index is 0.0357. The third-order valence-electron chi connectivity index (χ3n) is 4.41. The minimum atomic E-state index is -0.523. The van der Waals surface area contributed by atoms with Crippen LogP contribution in [0.3, 0.4) is 0 Å². The van der Waals surface area contributed by atoms with Crippen LogP contribution in [0.25, 0.3) is 0 Å². The maximum Gasteiger partial charge on any atom is 0.119 e. The molecule has 0 saturated heterocycles. The number of hydrogen-bond donors (Lipinski definition) is 2. The molecular formula is C23H25NO2. The molecule has 2 atom stereocenters. The summed E-state index contributed by atoms with van der Waals surface area (Å²) in [6.07, 6.45) is -0.523. The standard InChI is InChI=1S/C23H25NO2/c1-18(23(25)21-10-6-3-7-11-21)24-16-19-12-14-22(15-13-19)26-17-20-8-4-2-5-9-20/h2-15,18,23-25H,16-17H2,1H3/t18-,23-/m1/s1. The molecule has 0 radical (unpaired) electrons. The van der Waals surface area contributed by atoms with Crippen LogP contribution in [0.5, 0.6) is 5.75 Å². The van der Waals surface area contributed by atoms with Crippen molar-refractivity contribution < 1.29 is 9.84 Å². The van der Waals surface area contributed by atoms with Gasteiger partial charge in [-0.3, -0.25) is 0 Å². The first kappa shape index (κ1) is 18.2. The molecule has 2 N–H and O–H groups in total. The molecule has 0 bridgehead atoms. The predicted octanol–water partition coefficient (Wildman–Crippen LogP) is 4.48. The van der Waals surface area contributed by atoms with Crippen LogP contribution in [0.15, 0.2) is 84.9 Å². The first-order valence-electron chi connectivity index (χ1n) is 8.94. The van der Waals surface area contributed by atoms with Gasteiger partial charge < -0.3 is 15.2 Å². The molecule has 0 heterocycles. The van der Waals surface area contributed by atoms with Gasteiger partial charge in [-0.1, -0.05) is 72.8 Å². The molecule has 134 valence electrons. The van der Waals surface area contributed by atoms with Gasteiger partial charge in [-0.15, -0.1) is 0 Å². The first-order chi connectivity index (χ1) is 12.7. The quantitative estimate of drug-likeness (QED) is 0.631. The van der Waals surface area contributed by atoms with E-state index in [1.54, 1.807) is 0 Å². The van der Waals surface area contributed by atoms with E-state index in [9.17, 15) is 5.11 Å². The lowest BCUT2D eigenvalue weighted by atomic mass is 10.0. The molecule has 3 rings (SSSR count). The van der Waals surface area contributed by atoms with E-state index in [2.05, 4.69) is 29.6 Å². The Hall–Kier alpha value is -2.62. The Balaban J connectivity index is 1.48. The fourth-order valence-electron chi connectivity index (χ4n) is 2.77. The van der Waals surface area contributed by atoms with Crippen molar-refractivity contribution in [3.05, 3.63) is 102 Å². The summed E-state index contributed by atoms with van der Waals surface area (Å²) in [7, 11) is 0. The van der Waals surface area contributed by atoms with Gasteiger partial charge in [0.1, 0.15) is 12.4 Å². The molecule has 0 fully saturated rings. The zero-order valence-corrected chi connectivity index (χ0v) is 15.0. The molecule has 0 spiro atoms. The number of ether oxygens (including phenoxy) is 1. The van der Waals surface area contributed by atoms with Crippen molar-refractivity contribution in [1.82, 2.24) is 5.32 Å². The van der Waals surface area contributed by atoms with Crippen molar-refractivity contribution in [2.75, 3.05) is 0 Å². The van der Waals surface area contributed by atoms with Crippen LogP contribution in [0.4, 0.5) is 0 Å². The average Bonchev–Trinajstić information content (AvgIpc) is 2.72. The van der Waals surface area contributed by atoms with Gasteiger partial charge in [0.25, 0.3) is 0 Å². The number of rotatable bonds is 8.